The molecule has 1 saturated heterocycles. The Labute approximate surface area is 186 Å². The zero-order valence-corrected chi connectivity index (χ0v) is 17.9. The number of carbonyl (C=O) groups is 1. The zero-order valence-electron chi connectivity index (χ0n) is 17.0. The van der Waals surface area contributed by atoms with Gasteiger partial charge in [-0.2, -0.15) is 0 Å². The number of para-hydroxylation sites is 2. The number of fused-ring (bicyclic) bond motifs is 3. The third kappa shape index (κ3) is 4.01. The number of hydrogen-bond acceptors (Lipinski definition) is 6. The van der Waals surface area contributed by atoms with Gasteiger partial charge in [-0.3, -0.25) is 14.2 Å². The summed E-state index contributed by atoms with van der Waals surface area (Å²) >= 11 is 1.12. The van der Waals surface area contributed by atoms with Crippen molar-refractivity contribution in [3.63, 3.8) is 0 Å². The Morgan fingerprint density at radius 1 is 1.22 bits per heavy atom. The third-order valence-electron chi connectivity index (χ3n) is 5.34. The summed E-state index contributed by atoms with van der Waals surface area (Å²) in [6, 6.07) is 13.3. The number of anilines is 1. The number of ether oxygens (including phenoxy) is 1. The SMILES string of the molecule is O=C(CSc1nc2c(oc3ccccc32)c(=O)n1CC1CCCO1)Nc1ccccc1F. The van der Waals surface area contributed by atoms with E-state index in [4.69, 9.17) is 9.15 Å². The number of amides is 1. The van der Waals surface area contributed by atoms with Gasteiger partial charge in [-0.15, -0.1) is 0 Å². The lowest BCUT2D eigenvalue weighted by Crippen LogP contribution is -2.29. The van der Waals surface area contributed by atoms with Crippen LogP contribution in [0.2, 0.25) is 0 Å². The molecule has 0 saturated carbocycles. The number of halogens is 1. The largest absolute Gasteiger partial charge is 0.448 e. The van der Waals surface area contributed by atoms with Gasteiger partial charge >= 0.3 is 0 Å². The molecule has 9 heteroatoms. The Morgan fingerprint density at radius 2 is 2.03 bits per heavy atom. The second-order valence-corrected chi connectivity index (χ2v) is 8.48. The summed E-state index contributed by atoms with van der Waals surface area (Å²) in [6.07, 6.45) is 1.69. The zero-order chi connectivity index (χ0) is 22.1. The van der Waals surface area contributed by atoms with Crippen LogP contribution in [0, 0.1) is 5.82 Å². The van der Waals surface area contributed by atoms with Gasteiger partial charge < -0.3 is 14.5 Å². The fourth-order valence-electron chi connectivity index (χ4n) is 3.80. The maximum atomic E-state index is 13.8. The van der Waals surface area contributed by atoms with Crippen LogP contribution in [-0.4, -0.2) is 33.9 Å². The number of nitrogens with zero attached hydrogens (tertiary/aromatic N) is 2. The van der Waals surface area contributed by atoms with E-state index in [1.54, 1.807) is 18.2 Å². The van der Waals surface area contributed by atoms with Gasteiger partial charge in [0, 0.05) is 12.0 Å². The summed E-state index contributed by atoms with van der Waals surface area (Å²) in [7, 11) is 0. The highest BCUT2D eigenvalue weighted by atomic mass is 32.2. The van der Waals surface area contributed by atoms with Crippen molar-refractivity contribution in [3.8, 4) is 0 Å². The lowest BCUT2D eigenvalue weighted by atomic mass is 10.2. The quantitative estimate of drug-likeness (QED) is 0.348. The molecule has 5 rings (SSSR count). The molecule has 0 bridgehead atoms. The molecule has 1 aliphatic rings. The molecule has 1 N–H and O–H groups in total. The van der Waals surface area contributed by atoms with Gasteiger partial charge in [-0.1, -0.05) is 36.0 Å². The highest BCUT2D eigenvalue weighted by Gasteiger charge is 2.23. The first-order valence-corrected chi connectivity index (χ1v) is 11.3. The van der Waals surface area contributed by atoms with Crippen LogP contribution in [0.1, 0.15) is 12.8 Å². The van der Waals surface area contributed by atoms with Crippen LogP contribution in [0.4, 0.5) is 10.1 Å². The van der Waals surface area contributed by atoms with Crippen molar-refractivity contribution in [2.45, 2.75) is 30.6 Å². The molecule has 1 fully saturated rings. The van der Waals surface area contributed by atoms with E-state index < -0.39 is 11.7 Å². The molecular formula is C23H20FN3O4S. The highest BCUT2D eigenvalue weighted by molar-refractivity contribution is 7.99. The minimum atomic E-state index is -0.509. The minimum absolute atomic E-state index is 0.0341. The first-order chi connectivity index (χ1) is 15.6. The molecule has 7 nitrogen and oxygen atoms in total. The van der Waals surface area contributed by atoms with Gasteiger partial charge in [0.1, 0.15) is 16.9 Å². The van der Waals surface area contributed by atoms with Crippen LogP contribution in [-0.2, 0) is 16.1 Å². The minimum Gasteiger partial charge on any atom is -0.448 e. The van der Waals surface area contributed by atoms with Gasteiger partial charge in [-0.05, 0) is 37.1 Å². The van der Waals surface area contributed by atoms with Crippen molar-refractivity contribution < 1.29 is 18.3 Å². The molecule has 0 aliphatic carbocycles. The highest BCUT2D eigenvalue weighted by Crippen LogP contribution is 2.28. The molecule has 32 heavy (non-hydrogen) atoms. The molecule has 2 aromatic heterocycles. The van der Waals surface area contributed by atoms with Crippen LogP contribution in [0.3, 0.4) is 0 Å². The summed E-state index contributed by atoms with van der Waals surface area (Å²) in [5, 5.41) is 3.69. The van der Waals surface area contributed by atoms with Gasteiger partial charge in [0.05, 0.1) is 24.1 Å². The van der Waals surface area contributed by atoms with E-state index in [9.17, 15) is 14.0 Å². The van der Waals surface area contributed by atoms with E-state index >= 15 is 0 Å². The monoisotopic (exact) mass is 453 g/mol. The fraction of sp³-hybridized carbons (Fsp3) is 0.261. The molecule has 1 amide bonds. The van der Waals surface area contributed by atoms with Crippen molar-refractivity contribution in [1.82, 2.24) is 9.55 Å². The Bertz CT molecular complexity index is 1360. The summed E-state index contributed by atoms with van der Waals surface area (Å²) in [4.78, 5) is 30.4. The van der Waals surface area contributed by atoms with Crippen molar-refractivity contribution in [3.05, 3.63) is 64.7 Å². The first kappa shape index (κ1) is 20.7. The van der Waals surface area contributed by atoms with Crippen LogP contribution in [0.25, 0.3) is 22.1 Å². The van der Waals surface area contributed by atoms with E-state index in [2.05, 4.69) is 10.3 Å². The Morgan fingerprint density at radius 3 is 2.84 bits per heavy atom. The molecule has 2 aromatic carbocycles. The molecule has 1 unspecified atom stereocenters. The van der Waals surface area contributed by atoms with Crippen LogP contribution < -0.4 is 10.9 Å². The topological polar surface area (TPSA) is 86.4 Å². The van der Waals surface area contributed by atoms with Crippen LogP contribution in [0.5, 0.6) is 0 Å². The Hall–Kier alpha value is -3.17. The summed E-state index contributed by atoms with van der Waals surface area (Å²) in [5.41, 5.74) is 1.03. The number of thioether (sulfide) groups is 1. The number of aromatic nitrogens is 2. The Kier molecular flexibility index (Phi) is 5.67. The van der Waals surface area contributed by atoms with Gasteiger partial charge in [0.25, 0.3) is 5.56 Å². The lowest BCUT2D eigenvalue weighted by molar-refractivity contribution is -0.113. The van der Waals surface area contributed by atoms with E-state index in [0.717, 1.165) is 30.0 Å². The smallest absolute Gasteiger partial charge is 0.297 e. The van der Waals surface area contributed by atoms with Gasteiger partial charge in [0.15, 0.2) is 5.16 Å². The normalized spacial score (nSPS) is 16.1. The molecule has 1 atom stereocenters. The number of carbonyl (C=O) groups excluding carboxylic acids is 1. The second kappa shape index (κ2) is 8.76. The first-order valence-electron chi connectivity index (χ1n) is 10.3. The fourth-order valence-corrected chi connectivity index (χ4v) is 4.60. The number of rotatable bonds is 6. The standard InChI is InChI=1S/C23H20FN3O4S/c24-16-8-2-3-9-17(16)25-19(28)13-32-23-26-20-15-7-1-4-10-18(15)31-21(20)22(29)27(23)12-14-6-5-11-30-14/h1-4,7-10,14H,5-6,11-13H2,(H,25,28). The van der Waals surface area contributed by atoms with E-state index in [0.29, 0.717) is 29.4 Å². The number of nitrogens with one attached hydrogen (secondary N) is 1. The summed E-state index contributed by atoms with van der Waals surface area (Å²) < 4.78 is 26.9. The predicted octanol–water partition coefficient (Wildman–Crippen LogP) is 4.19. The average molecular weight is 453 g/mol. The molecular weight excluding hydrogens is 433 g/mol. The molecule has 164 valence electrons. The predicted molar refractivity (Wildman–Crippen MR) is 121 cm³/mol. The lowest BCUT2D eigenvalue weighted by Gasteiger charge is -2.15. The summed E-state index contributed by atoms with van der Waals surface area (Å²) in [6.45, 7) is 0.989. The third-order valence-corrected chi connectivity index (χ3v) is 6.31. The van der Waals surface area contributed by atoms with Crippen molar-refractivity contribution in [2.75, 3.05) is 17.7 Å². The average Bonchev–Trinajstić information content (AvgIpc) is 3.44. The Balaban J connectivity index is 1.48. The number of furan rings is 1. The number of benzene rings is 2. The number of hydrogen-bond donors (Lipinski definition) is 1. The van der Waals surface area contributed by atoms with Crippen molar-refractivity contribution >= 4 is 45.4 Å². The molecule has 0 spiro atoms. The second-order valence-electron chi connectivity index (χ2n) is 7.54. The molecule has 1 aliphatic heterocycles. The van der Waals surface area contributed by atoms with Crippen molar-refractivity contribution in [2.24, 2.45) is 0 Å². The maximum absolute atomic E-state index is 13.8. The molecule has 4 aromatic rings. The van der Waals surface area contributed by atoms with Gasteiger partial charge in [0.2, 0.25) is 11.5 Å². The summed E-state index contributed by atoms with van der Waals surface area (Å²) in [5.74, 6) is -0.936. The van der Waals surface area contributed by atoms with Gasteiger partial charge in [-0.25, -0.2) is 9.37 Å². The van der Waals surface area contributed by atoms with Crippen LogP contribution >= 0.6 is 11.8 Å². The molecule has 0 radical (unpaired) electrons. The molecule has 3 heterocycles. The van der Waals surface area contributed by atoms with E-state index in [1.165, 1.54) is 16.7 Å². The van der Waals surface area contributed by atoms with E-state index in [-0.39, 0.29) is 28.7 Å². The van der Waals surface area contributed by atoms with Crippen molar-refractivity contribution in [1.29, 1.82) is 0 Å². The van der Waals surface area contributed by atoms with E-state index in [1.807, 2.05) is 18.2 Å². The maximum Gasteiger partial charge on any atom is 0.297 e. The van der Waals surface area contributed by atoms with Crippen LogP contribution in [0.15, 0.2) is 62.9 Å².